The summed E-state index contributed by atoms with van der Waals surface area (Å²) in [6.07, 6.45) is 6.29. The molecule has 0 spiro atoms. The normalized spacial score (nSPS) is 15.8. The second-order valence-electron chi connectivity index (χ2n) is 5.40. The topological polar surface area (TPSA) is 69.6 Å². The third-order valence-electron chi connectivity index (χ3n) is 4.01. The van der Waals surface area contributed by atoms with E-state index in [1.807, 2.05) is 0 Å². The summed E-state index contributed by atoms with van der Waals surface area (Å²) in [4.78, 5) is 0. The number of aromatic nitrogens is 4. The van der Waals surface area contributed by atoms with Crippen LogP contribution in [-0.4, -0.2) is 20.2 Å². The molecule has 0 atom stereocenters. The lowest BCUT2D eigenvalue weighted by atomic mass is 10.0. The van der Waals surface area contributed by atoms with Crippen LogP contribution < -0.4 is 5.73 Å². The Bertz CT molecular complexity index is 589. The van der Waals surface area contributed by atoms with E-state index in [-0.39, 0.29) is 5.82 Å². The lowest BCUT2D eigenvalue weighted by Crippen LogP contribution is -2.08. The van der Waals surface area contributed by atoms with Gasteiger partial charge in [0, 0.05) is 17.8 Å². The third-order valence-corrected chi connectivity index (χ3v) is 4.01. The Morgan fingerprint density at radius 3 is 2.90 bits per heavy atom. The summed E-state index contributed by atoms with van der Waals surface area (Å²) < 4.78 is 15.1. The minimum absolute atomic E-state index is 0.334. The van der Waals surface area contributed by atoms with Gasteiger partial charge in [-0.25, -0.2) is 9.07 Å². The fourth-order valence-corrected chi connectivity index (χ4v) is 2.87. The Hall–Kier alpha value is -1.98. The van der Waals surface area contributed by atoms with E-state index >= 15 is 0 Å². The predicted molar refractivity (Wildman–Crippen MR) is 74.2 cm³/mol. The molecule has 1 aliphatic rings. The van der Waals surface area contributed by atoms with E-state index in [9.17, 15) is 4.39 Å². The smallest absolute Gasteiger partial charge is 0.184 e. The maximum absolute atomic E-state index is 13.4. The minimum Gasteiger partial charge on any atom is -0.398 e. The lowest BCUT2D eigenvalue weighted by molar-refractivity contribution is 0.436. The van der Waals surface area contributed by atoms with Gasteiger partial charge in [0.15, 0.2) is 5.82 Å². The van der Waals surface area contributed by atoms with Gasteiger partial charge in [-0.2, -0.15) is 0 Å². The van der Waals surface area contributed by atoms with E-state index in [0.29, 0.717) is 17.1 Å². The van der Waals surface area contributed by atoms with Crippen LogP contribution in [0.2, 0.25) is 0 Å². The number of nitrogens with two attached hydrogens (primary N) is 1. The summed E-state index contributed by atoms with van der Waals surface area (Å²) in [6.45, 7) is 0.753. The summed E-state index contributed by atoms with van der Waals surface area (Å²) in [5.41, 5.74) is 6.94. The van der Waals surface area contributed by atoms with E-state index in [1.54, 1.807) is 10.7 Å². The van der Waals surface area contributed by atoms with Gasteiger partial charge in [-0.05, 0) is 41.0 Å². The fourth-order valence-electron chi connectivity index (χ4n) is 2.87. The SMILES string of the molecule is Nc1ccc(F)cc1-c1nnnn1CCC1CCCC1. The van der Waals surface area contributed by atoms with Crippen molar-refractivity contribution >= 4 is 5.69 Å². The third kappa shape index (κ3) is 2.64. The van der Waals surface area contributed by atoms with E-state index < -0.39 is 0 Å². The Kier molecular flexibility index (Phi) is 3.62. The van der Waals surface area contributed by atoms with E-state index in [0.717, 1.165) is 18.9 Å². The highest BCUT2D eigenvalue weighted by Crippen LogP contribution is 2.29. The number of aryl methyl sites for hydroxylation is 1. The molecule has 0 unspecified atom stereocenters. The van der Waals surface area contributed by atoms with Gasteiger partial charge in [0.05, 0.1) is 0 Å². The number of benzene rings is 1. The zero-order valence-electron chi connectivity index (χ0n) is 11.3. The average Bonchev–Trinajstić information content (AvgIpc) is 3.09. The molecule has 1 aliphatic carbocycles. The van der Waals surface area contributed by atoms with Crippen LogP contribution in [-0.2, 0) is 6.54 Å². The molecule has 0 radical (unpaired) electrons. The summed E-state index contributed by atoms with van der Waals surface area (Å²) >= 11 is 0. The molecule has 106 valence electrons. The zero-order chi connectivity index (χ0) is 13.9. The summed E-state index contributed by atoms with van der Waals surface area (Å²) in [7, 11) is 0. The molecule has 5 nitrogen and oxygen atoms in total. The summed E-state index contributed by atoms with van der Waals surface area (Å²) in [6, 6.07) is 4.26. The van der Waals surface area contributed by atoms with E-state index in [1.165, 1.54) is 37.8 Å². The molecule has 1 heterocycles. The van der Waals surface area contributed by atoms with Gasteiger partial charge in [0.1, 0.15) is 5.82 Å². The van der Waals surface area contributed by atoms with Crippen molar-refractivity contribution in [2.45, 2.75) is 38.6 Å². The molecule has 0 amide bonds. The van der Waals surface area contributed by atoms with Gasteiger partial charge in [-0.3, -0.25) is 0 Å². The molecule has 1 aromatic heterocycles. The van der Waals surface area contributed by atoms with Crippen molar-refractivity contribution in [1.82, 2.24) is 20.2 Å². The van der Waals surface area contributed by atoms with Crippen LogP contribution in [0, 0.1) is 11.7 Å². The van der Waals surface area contributed by atoms with Crippen molar-refractivity contribution < 1.29 is 4.39 Å². The van der Waals surface area contributed by atoms with Crippen molar-refractivity contribution in [3.8, 4) is 11.4 Å². The molecular formula is C14H18FN5. The molecule has 2 N–H and O–H groups in total. The van der Waals surface area contributed by atoms with Crippen LogP contribution in [0.5, 0.6) is 0 Å². The second kappa shape index (κ2) is 5.56. The number of hydrogen-bond donors (Lipinski definition) is 1. The number of anilines is 1. The molecule has 20 heavy (non-hydrogen) atoms. The van der Waals surface area contributed by atoms with Crippen molar-refractivity contribution in [1.29, 1.82) is 0 Å². The van der Waals surface area contributed by atoms with Crippen LogP contribution in [0.4, 0.5) is 10.1 Å². The van der Waals surface area contributed by atoms with Crippen LogP contribution in [0.25, 0.3) is 11.4 Å². The molecule has 6 heteroatoms. The first-order valence-corrected chi connectivity index (χ1v) is 7.05. The van der Waals surface area contributed by atoms with Crippen molar-refractivity contribution in [3.63, 3.8) is 0 Å². The molecule has 1 saturated carbocycles. The molecule has 1 fully saturated rings. The summed E-state index contributed by atoms with van der Waals surface area (Å²) in [5.74, 6) is 0.969. The molecule has 1 aromatic carbocycles. The predicted octanol–water partition coefficient (Wildman–Crippen LogP) is 2.64. The average molecular weight is 275 g/mol. The Balaban J connectivity index is 1.80. The Labute approximate surface area is 117 Å². The first-order valence-electron chi connectivity index (χ1n) is 7.05. The van der Waals surface area contributed by atoms with E-state index in [2.05, 4.69) is 15.5 Å². The fraction of sp³-hybridized carbons (Fsp3) is 0.500. The van der Waals surface area contributed by atoms with Gasteiger partial charge < -0.3 is 5.73 Å². The highest BCUT2D eigenvalue weighted by atomic mass is 19.1. The molecule has 0 aliphatic heterocycles. The standard InChI is InChI=1S/C14H18FN5/c15-11-5-6-13(16)12(9-11)14-17-18-19-20(14)8-7-10-3-1-2-4-10/h5-6,9-10H,1-4,7-8,16H2. The van der Waals surface area contributed by atoms with Crippen molar-refractivity contribution in [2.75, 3.05) is 5.73 Å². The molecule has 0 saturated heterocycles. The maximum atomic E-state index is 13.4. The molecular weight excluding hydrogens is 257 g/mol. The van der Waals surface area contributed by atoms with Crippen LogP contribution in [0.3, 0.4) is 0 Å². The van der Waals surface area contributed by atoms with Gasteiger partial charge in [0.25, 0.3) is 0 Å². The molecule has 2 aromatic rings. The first-order chi connectivity index (χ1) is 9.74. The van der Waals surface area contributed by atoms with Crippen molar-refractivity contribution in [3.05, 3.63) is 24.0 Å². The van der Waals surface area contributed by atoms with Gasteiger partial charge in [-0.15, -0.1) is 5.10 Å². The van der Waals surface area contributed by atoms with Gasteiger partial charge >= 0.3 is 0 Å². The maximum Gasteiger partial charge on any atom is 0.184 e. The Morgan fingerprint density at radius 1 is 1.30 bits per heavy atom. The van der Waals surface area contributed by atoms with Crippen molar-refractivity contribution in [2.24, 2.45) is 5.92 Å². The number of halogens is 1. The van der Waals surface area contributed by atoms with Gasteiger partial charge in [-0.1, -0.05) is 25.7 Å². The number of tetrazole rings is 1. The molecule has 3 rings (SSSR count). The number of rotatable bonds is 4. The lowest BCUT2D eigenvalue weighted by Gasteiger charge is -2.10. The zero-order valence-corrected chi connectivity index (χ0v) is 11.3. The monoisotopic (exact) mass is 275 g/mol. The number of nitrogen functional groups attached to an aromatic ring is 1. The second-order valence-corrected chi connectivity index (χ2v) is 5.40. The molecule has 0 bridgehead atoms. The highest BCUT2D eigenvalue weighted by molar-refractivity contribution is 5.71. The quantitative estimate of drug-likeness (QED) is 0.871. The number of hydrogen-bond acceptors (Lipinski definition) is 4. The first kappa shape index (κ1) is 13.0. The van der Waals surface area contributed by atoms with Crippen LogP contribution >= 0.6 is 0 Å². The largest absolute Gasteiger partial charge is 0.398 e. The van der Waals surface area contributed by atoms with Crippen LogP contribution in [0.15, 0.2) is 18.2 Å². The number of nitrogens with zero attached hydrogens (tertiary/aromatic N) is 4. The highest BCUT2D eigenvalue weighted by Gasteiger charge is 2.17. The minimum atomic E-state index is -0.334. The van der Waals surface area contributed by atoms with Gasteiger partial charge in [0.2, 0.25) is 0 Å². The van der Waals surface area contributed by atoms with Crippen LogP contribution in [0.1, 0.15) is 32.1 Å². The summed E-state index contributed by atoms with van der Waals surface area (Å²) in [5, 5.41) is 11.7. The van der Waals surface area contributed by atoms with E-state index in [4.69, 9.17) is 5.73 Å². The Morgan fingerprint density at radius 2 is 2.10 bits per heavy atom.